The lowest BCUT2D eigenvalue weighted by Gasteiger charge is -2.27. The topological polar surface area (TPSA) is 17.1 Å². The Morgan fingerprint density at radius 3 is 2.42 bits per heavy atom. The van der Waals surface area contributed by atoms with Crippen molar-refractivity contribution in [1.82, 2.24) is 0 Å². The number of carbonyl (C=O) groups is 1. The van der Waals surface area contributed by atoms with E-state index in [0.29, 0.717) is 5.78 Å². The third kappa shape index (κ3) is 2.52. The summed E-state index contributed by atoms with van der Waals surface area (Å²) in [5.41, 5.74) is 4.51. The minimum atomic E-state index is 0.146. The van der Waals surface area contributed by atoms with Crippen molar-refractivity contribution in [2.75, 3.05) is 0 Å². The van der Waals surface area contributed by atoms with E-state index in [9.17, 15) is 4.79 Å². The van der Waals surface area contributed by atoms with Crippen LogP contribution in [0.4, 0.5) is 0 Å². The molecule has 0 aromatic heterocycles. The Bertz CT molecular complexity index is 529. The molecule has 0 heterocycles. The number of ketones is 1. The molecule has 1 aliphatic carbocycles. The van der Waals surface area contributed by atoms with Gasteiger partial charge in [-0.3, -0.25) is 4.79 Å². The summed E-state index contributed by atoms with van der Waals surface area (Å²) in [6, 6.07) is 2.12. The zero-order valence-electron chi connectivity index (χ0n) is 12.6. The van der Waals surface area contributed by atoms with Crippen LogP contribution in [0, 0.1) is 32.1 Å². The monoisotopic (exact) mass is 322 g/mol. The summed E-state index contributed by atoms with van der Waals surface area (Å²) in [7, 11) is 0. The number of rotatable bonds is 2. The minimum Gasteiger partial charge on any atom is -0.294 e. The van der Waals surface area contributed by atoms with Gasteiger partial charge >= 0.3 is 0 Å². The number of aryl methyl sites for hydroxylation is 2. The third-order valence-electron chi connectivity index (χ3n) is 4.70. The van der Waals surface area contributed by atoms with Gasteiger partial charge in [-0.25, -0.2) is 0 Å². The van der Waals surface area contributed by atoms with Crippen molar-refractivity contribution < 1.29 is 4.79 Å². The van der Waals surface area contributed by atoms with Crippen LogP contribution in [0.5, 0.6) is 0 Å². The van der Waals surface area contributed by atoms with Crippen molar-refractivity contribution in [1.29, 1.82) is 0 Å². The average Bonchev–Trinajstić information content (AvgIpc) is 2.66. The number of carbonyl (C=O) groups excluding carboxylic acids is 1. The van der Waals surface area contributed by atoms with Crippen molar-refractivity contribution >= 4 is 21.7 Å². The first-order chi connectivity index (χ1) is 8.75. The van der Waals surface area contributed by atoms with Gasteiger partial charge in [-0.05, 0) is 55.7 Å². The number of hydrogen-bond acceptors (Lipinski definition) is 1. The number of benzene rings is 1. The zero-order chi connectivity index (χ0) is 14.4. The zero-order valence-corrected chi connectivity index (χ0v) is 14.1. The Labute approximate surface area is 124 Å². The van der Waals surface area contributed by atoms with Crippen LogP contribution in [0.25, 0.3) is 0 Å². The van der Waals surface area contributed by atoms with Crippen LogP contribution in [-0.4, -0.2) is 5.78 Å². The molecule has 0 amide bonds. The molecule has 19 heavy (non-hydrogen) atoms. The van der Waals surface area contributed by atoms with Crippen molar-refractivity contribution in [2.45, 2.75) is 53.9 Å². The molecule has 104 valence electrons. The molecule has 0 saturated heterocycles. The molecule has 2 rings (SSSR count). The lowest BCUT2D eigenvalue weighted by Crippen LogP contribution is -2.27. The van der Waals surface area contributed by atoms with E-state index >= 15 is 0 Å². The minimum absolute atomic E-state index is 0.146. The van der Waals surface area contributed by atoms with Crippen LogP contribution in [-0.2, 0) is 0 Å². The SMILES string of the molecule is Cc1cc(C)c(C(=O)C2CCCC2(C)C)c(C)c1Br. The maximum absolute atomic E-state index is 12.9. The van der Waals surface area contributed by atoms with Crippen molar-refractivity contribution in [3.05, 3.63) is 32.8 Å². The number of hydrogen-bond donors (Lipinski definition) is 0. The first-order valence-electron chi connectivity index (χ1n) is 7.06. The van der Waals surface area contributed by atoms with Crippen molar-refractivity contribution in [3.8, 4) is 0 Å². The second-order valence-electron chi connectivity index (χ2n) is 6.62. The van der Waals surface area contributed by atoms with E-state index in [-0.39, 0.29) is 11.3 Å². The summed E-state index contributed by atoms with van der Waals surface area (Å²) in [5.74, 6) is 0.526. The molecule has 0 bridgehead atoms. The Hall–Kier alpha value is -0.630. The van der Waals surface area contributed by atoms with E-state index in [2.05, 4.69) is 56.6 Å². The lowest BCUT2D eigenvalue weighted by molar-refractivity contribution is 0.0837. The maximum atomic E-state index is 12.9. The van der Waals surface area contributed by atoms with E-state index in [4.69, 9.17) is 0 Å². The van der Waals surface area contributed by atoms with Gasteiger partial charge in [0.15, 0.2) is 5.78 Å². The van der Waals surface area contributed by atoms with Crippen LogP contribution < -0.4 is 0 Å². The van der Waals surface area contributed by atoms with Gasteiger partial charge in [0.25, 0.3) is 0 Å². The Kier molecular flexibility index (Phi) is 3.92. The van der Waals surface area contributed by atoms with Gasteiger partial charge in [0.2, 0.25) is 0 Å². The van der Waals surface area contributed by atoms with Gasteiger partial charge in [0, 0.05) is 16.0 Å². The number of halogens is 1. The summed E-state index contributed by atoms with van der Waals surface area (Å²) in [5, 5.41) is 0. The highest BCUT2D eigenvalue weighted by Crippen LogP contribution is 2.45. The fraction of sp³-hybridized carbons (Fsp3) is 0.588. The highest BCUT2D eigenvalue weighted by Gasteiger charge is 2.40. The molecule has 0 spiro atoms. The molecule has 0 radical (unpaired) electrons. The molecule has 1 atom stereocenters. The summed E-state index contributed by atoms with van der Waals surface area (Å²) >= 11 is 3.62. The number of Topliss-reactive ketones (excluding diaryl/α,β-unsaturated/α-hetero) is 1. The normalized spacial score (nSPS) is 21.7. The smallest absolute Gasteiger partial charge is 0.167 e. The molecule has 1 unspecified atom stereocenters. The Morgan fingerprint density at radius 1 is 1.26 bits per heavy atom. The molecular weight excluding hydrogens is 300 g/mol. The van der Waals surface area contributed by atoms with Crippen molar-refractivity contribution in [2.24, 2.45) is 11.3 Å². The molecule has 0 N–H and O–H groups in total. The van der Waals surface area contributed by atoms with Crippen LogP contribution in [0.1, 0.15) is 60.2 Å². The summed E-state index contributed by atoms with van der Waals surface area (Å²) in [6.07, 6.45) is 3.37. The van der Waals surface area contributed by atoms with Gasteiger partial charge in [0.1, 0.15) is 0 Å². The Morgan fingerprint density at radius 2 is 1.89 bits per heavy atom. The van der Waals surface area contributed by atoms with Gasteiger partial charge < -0.3 is 0 Å². The summed E-state index contributed by atoms with van der Waals surface area (Å²) < 4.78 is 1.08. The van der Waals surface area contributed by atoms with Gasteiger partial charge in [0.05, 0.1) is 0 Å². The molecule has 1 fully saturated rings. The van der Waals surface area contributed by atoms with Crippen LogP contribution in [0.3, 0.4) is 0 Å². The van der Waals surface area contributed by atoms with E-state index < -0.39 is 0 Å². The fourth-order valence-corrected chi connectivity index (χ4v) is 3.84. The predicted molar refractivity (Wildman–Crippen MR) is 83.8 cm³/mol. The molecule has 1 nitrogen and oxygen atoms in total. The van der Waals surface area contributed by atoms with E-state index in [0.717, 1.165) is 34.0 Å². The third-order valence-corrected chi connectivity index (χ3v) is 5.92. The molecule has 2 heteroatoms. The van der Waals surface area contributed by atoms with Crippen LogP contribution in [0.2, 0.25) is 0 Å². The van der Waals surface area contributed by atoms with Gasteiger partial charge in [-0.1, -0.05) is 42.3 Å². The Balaban J connectivity index is 2.48. The average molecular weight is 323 g/mol. The second kappa shape index (κ2) is 5.05. The first-order valence-corrected chi connectivity index (χ1v) is 7.85. The van der Waals surface area contributed by atoms with E-state index in [1.165, 1.54) is 12.0 Å². The second-order valence-corrected chi connectivity index (χ2v) is 7.41. The quantitative estimate of drug-likeness (QED) is 0.668. The highest BCUT2D eigenvalue weighted by atomic mass is 79.9. The first kappa shape index (κ1) is 14.8. The predicted octanol–water partition coefficient (Wildman–Crippen LogP) is 5.38. The van der Waals surface area contributed by atoms with Crippen LogP contribution >= 0.6 is 15.9 Å². The lowest BCUT2D eigenvalue weighted by atomic mass is 9.76. The fourth-order valence-electron chi connectivity index (χ4n) is 3.53. The van der Waals surface area contributed by atoms with Gasteiger partial charge in [-0.15, -0.1) is 0 Å². The van der Waals surface area contributed by atoms with Gasteiger partial charge in [-0.2, -0.15) is 0 Å². The largest absolute Gasteiger partial charge is 0.294 e. The molecule has 1 aromatic rings. The highest BCUT2D eigenvalue weighted by molar-refractivity contribution is 9.10. The summed E-state index contributed by atoms with van der Waals surface area (Å²) in [4.78, 5) is 12.9. The molecule has 0 aliphatic heterocycles. The summed E-state index contributed by atoms with van der Waals surface area (Å²) in [6.45, 7) is 10.7. The molecule has 1 aliphatic rings. The van der Waals surface area contributed by atoms with Crippen LogP contribution in [0.15, 0.2) is 10.5 Å². The molecule has 1 aromatic carbocycles. The van der Waals surface area contributed by atoms with E-state index in [1.54, 1.807) is 0 Å². The molecular formula is C17H23BrO. The standard InChI is InChI=1S/C17H23BrO/c1-10-9-11(2)15(18)12(3)14(10)16(19)13-7-6-8-17(13,4)5/h9,13H,6-8H2,1-5H3. The molecule has 1 saturated carbocycles. The van der Waals surface area contributed by atoms with E-state index in [1.807, 2.05) is 0 Å². The van der Waals surface area contributed by atoms with Crippen molar-refractivity contribution in [3.63, 3.8) is 0 Å². The maximum Gasteiger partial charge on any atom is 0.167 e.